The molecule has 6 nitrogen and oxygen atoms in total. The molecule has 0 radical (unpaired) electrons. The van der Waals surface area contributed by atoms with Gasteiger partial charge in [0.05, 0.1) is 12.0 Å². The van der Waals surface area contributed by atoms with E-state index in [1.165, 1.54) is 57.8 Å². The second-order valence-electron chi connectivity index (χ2n) is 10.0. The summed E-state index contributed by atoms with van der Waals surface area (Å²) in [4.78, 5) is 5.32. The van der Waals surface area contributed by atoms with Crippen LogP contribution in [0, 0.1) is 0 Å². The summed E-state index contributed by atoms with van der Waals surface area (Å²) >= 11 is 1.63. The number of ether oxygens (including phenoxy) is 1. The van der Waals surface area contributed by atoms with Gasteiger partial charge >= 0.3 is 8.25 Å². The highest BCUT2D eigenvalue weighted by Crippen LogP contribution is 2.31. The highest BCUT2D eigenvalue weighted by Gasteiger charge is 2.26. The molecular formula is C32H40NO5PS+2. The summed E-state index contributed by atoms with van der Waals surface area (Å²) in [5, 5.41) is 4.03. The van der Waals surface area contributed by atoms with Gasteiger partial charge in [0, 0.05) is 10.1 Å². The Morgan fingerprint density at radius 1 is 0.775 bits per heavy atom. The molecule has 0 saturated carbocycles. The first-order valence-electron chi connectivity index (χ1n) is 14.4. The Hall–Kier alpha value is -2.99. The summed E-state index contributed by atoms with van der Waals surface area (Å²) in [5.74, 6) is 1.73. The van der Waals surface area contributed by atoms with Gasteiger partial charge in [-0.15, -0.1) is 0 Å². The maximum atomic E-state index is 12.4. The topological polar surface area (TPSA) is 57.9 Å². The van der Waals surface area contributed by atoms with Crippen molar-refractivity contribution >= 4 is 30.4 Å². The molecule has 0 aliphatic rings. The van der Waals surface area contributed by atoms with Crippen LogP contribution >= 0.6 is 19.6 Å². The van der Waals surface area contributed by atoms with Crippen molar-refractivity contribution in [3.05, 3.63) is 83.3 Å². The van der Waals surface area contributed by atoms with Crippen LogP contribution in [-0.2, 0) is 15.8 Å². The third-order valence-corrected chi connectivity index (χ3v) is 7.94. The Morgan fingerprint density at radius 2 is 1.50 bits per heavy atom. The summed E-state index contributed by atoms with van der Waals surface area (Å²) in [6, 6.07) is 19.0. The van der Waals surface area contributed by atoms with Crippen LogP contribution in [0.2, 0.25) is 0 Å². The van der Waals surface area contributed by atoms with Crippen molar-refractivity contribution in [2.24, 2.45) is 0 Å². The van der Waals surface area contributed by atoms with Crippen molar-refractivity contribution in [2.45, 2.75) is 77.7 Å². The van der Waals surface area contributed by atoms with Gasteiger partial charge in [0.15, 0.2) is 24.2 Å². The molecule has 0 amide bonds. The Balaban J connectivity index is 1.17. The fourth-order valence-electron chi connectivity index (χ4n) is 4.56. The summed E-state index contributed by atoms with van der Waals surface area (Å²) in [6.45, 7) is 3.68. The van der Waals surface area contributed by atoms with Gasteiger partial charge in [-0.2, -0.15) is 4.57 Å². The quantitative estimate of drug-likeness (QED) is 0.0363. The number of hydrogen-bond acceptors (Lipinski definition) is 6. The van der Waals surface area contributed by atoms with Crippen molar-refractivity contribution < 1.29 is 28.0 Å². The SMILES string of the molecule is CCCCCCCCCCCCOc1ccc2ccc(OO[P+](=O)Oc3cccc(C[n+]4ccsc4)c3)cc2c1. The largest absolute Gasteiger partial charge is 0.791 e. The molecule has 0 spiro atoms. The van der Waals surface area contributed by atoms with E-state index in [9.17, 15) is 4.57 Å². The maximum Gasteiger partial charge on any atom is 0.791 e. The summed E-state index contributed by atoms with van der Waals surface area (Å²) < 4.78 is 30.9. The number of fused-ring (bicyclic) bond motifs is 1. The van der Waals surface area contributed by atoms with Gasteiger partial charge in [0.1, 0.15) is 10.4 Å². The fraction of sp³-hybridized carbons (Fsp3) is 0.406. The first-order chi connectivity index (χ1) is 19.7. The minimum Gasteiger partial charge on any atom is -0.494 e. The molecule has 3 aromatic carbocycles. The molecule has 4 rings (SSSR count). The molecule has 1 heterocycles. The standard InChI is InChI=1S/C32H40NO5PS/c1-2-3-4-5-6-7-8-9-10-11-20-35-30-17-15-28-16-18-31(24-29(28)23-30)36-38-39(34)37-32-14-12-13-27(22-32)25-33-19-21-40-26-33/h12-19,21-24,26H,2-11,20,25H2,1H3/q+2. The van der Waals surface area contributed by atoms with Crippen LogP contribution in [0.4, 0.5) is 0 Å². The van der Waals surface area contributed by atoms with E-state index in [1.807, 2.05) is 65.6 Å². The molecule has 0 aliphatic heterocycles. The normalized spacial score (nSPS) is 11.5. The van der Waals surface area contributed by atoms with Crippen molar-refractivity contribution in [3.8, 4) is 17.2 Å². The highest BCUT2D eigenvalue weighted by molar-refractivity contribution is 7.33. The molecule has 0 fully saturated rings. The number of nitrogens with zero attached hydrogens (tertiary/aromatic N) is 1. The Bertz CT molecular complexity index is 1310. The first-order valence-corrected chi connectivity index (χ1v) is 16.4. The van der Waals surface area contributed by atoms with Gasteiger partial charge in [0.25, 0.3) is 0 Å². The number of aromatic nitrogens is 1. The van der Waals surface area contributed by atoms with Gasteiger partial charge in [-0.05, 0) is 53.6 Å². The van der Waals surface area contributed by atoms with E-state index in [0.29, 0.717) is 24.7 Å². The number of thiazole rings is 1. The third kappa shape index (κ3) is 10.5. The van der Waals surface area contributed by atoms with E-state index in [1.54, 1.807) is 23.5 Å². The zero-order chi connectivity index (χ0) is 27.8. The Kier molecular flexibility index (Phi) is 12.7. The number of rotatable bonds is 19. The molecule has 0 aliphatic carbocycles. The molecule has 40 heavy (non-hydrogen) atoms. The summed E-state index contributed by atoms with van der Waals surface area (Å²) in [7, 11) is -2.51. The lowest BCUT2D eigenvalue weighted by Crippen LogP contribution is -2.30. The molecule has 1 atom stereocenters. The maximum absolute atomic E-state index is 12.4. The average Bonchev–Trinajstić information content (AvgIpc) is 3.48. The van der Waals surface area contributed by atoms with Crippen LogP contribution in [-0.4, -0.2) is 6.61 Å². The van der Waals surface area contributed by atoms with Gasteiger partial charge in [0.2, 0.25) is 5.51 Å². The van der Waals surface area contributed by atoms with E-state index in [0.717, 1.165) is 28.5 Å². The molecule has 212 valence electrons. The smallest absolute Gasteiger partial charge is 0.494 e. The lowest BCUT2D eigenvalue weighted by Gasteiger charge is -2.08. The van der Waals surface area contributed by atoms with Crippen molar-refractivity contribution in [2.75, 3.05) is 6.61 Å². The lowest BCUT2D eigenvalue weighted by molar-refractivity contribution is -0.683. The monoisotopic (exact) mass is 581 g/mol. The third-order valence-electron chi connectivity index (χ3n) is 6.71. The fourth-order valence-corrected chi connectivity index (χ4v) is 5.62. The van der Waals surface area contributed by atoms with E-state index in [4.69, 9.17) is 18.8 Å². The summed E-state index contributed by atoms with van der Waals surface area (Å²) in [6.07, 6.45) is 15.1. The minimum atomic E-state index is -2.51. The number of benzene rings is 3. The van der Waals surface area contributed by atoms with Crippen LogP contribution in [0.25, 0.3) is 10.8 Å². The van der Waals surface area contributed by atoms with E-state index >= 15 is 0 Å². The number of hydrogen-bond donors (Lipinski definition) is 0. The molecule has 4 aromatic rings. The van der Waals surface area contributed by atoms with Crippen molar-refractivity contribution in [1.82, 2.24) is 0 Å². The van der Waals surface area contributed by atoms with Crippen LogP contribution in [0.3, 0.4) is 0 Å². The van der Waals surface area contributed by atoms with E-state index < -0.39 is 8.25 Å². The van der Waals surface area contributed by atoms with Crippen LogP contribution < -0.4 is 18.7 Å². The molecular weight excluding hydrogens is 541 g/mol. The molecule has 1 aromatic heterocycles. The molecule has 0 N–H and O–H groups in total. The lowest BCUT2D eigenvalue weighted by atomic mass is 10.1. The van der Waals surface area contributed by atoms with E-state index in [-0.39, 0.29) is 0 Å². The molecule has 0 bridgehead atoms. The Morgan fingerprint density at radius 3 is 2.25 bits per heavy atom. The number of unbranched alkanes of at least 4 members (excludes halogenated alkanes) is 9. The predicted octanol–water partition coefficient (Wildman–Crippen LogP) is 9.58. The molecule has 1 unspecified atom stereocenters. The van der Waals surface area contributed by atoms with E-state index in [2.05, 4.69) is 11.5 Å². The van der Waals surface area contributed by atoms with Crippen molar-refractivity contribution in [3.63, 3.8) is 0 Å². The zero-order valence-corrected chi connectivity index (χ0v) is 25.0. The zero-order valence-electron chi connectivity index (χ0n) is 23.3. The van der Waals surface area contributed by atoms with Gasteiger partial charge in [-0.3, -0.25) is 4.89 Å². The summed E-state index contributed by atoms with van der Waals surface area (Å²) in [5.41, 5.74) is 3.06. The van der Waals surface area contributed by atoms with Crippen LogP contribution in [0.15, 0.2) is 77.8 Å². The van der Waals surface area contributed by atoms with Gasteiger partial charge in [-0.25, -0.2) is 4.52 Å². The van der Waals surface area contributed by atoms with Crippen LogP contribution in [0.1, 0.15) is 76.7 Å². The van der Waals surface area contributed by atoms with Gasteiger partial charge < -0.3 is 4.74 Å². The Labute approximate surface area is 242 Å². The second-order valence-corrected chi connectivity index (χ2v) is 11.6. The van der Waals surface area contributed by atoms with Crippen LogP contribution in [0.5, 0.6) is 17.2 Å². The highest BCUT2D eigenvalue weighted by atomic mass is 32.1. The van der Waals surface area contributed by atoms with Crippen molar-refractivity contribution in [1.29, 1.82) is 0 Å². The first kappa shape index (κ1) is 30.0. The minimum absolute atomic E-state index is 0.439. The molecule has 0 saturated heterocycles. The molecule has 8 heteroatoms. The average molecular weight is 582 g/mol. The van der Waals surface area contributed by atoms with Gasteiger partial charge in [-0.1, -0.05) is 100 Å². The second kappa shape index (κ2) is 17.0. The predicted molar refractivity (Wildman–Crippen MR) is 161 cm³/mol.